The van der Waals surface area contributed by atoms with E-state index in [0.717, 1.165) is 12.8 Å². The molecule has 0 aromatic heterocycles. The van der Waals surface area contributed by atoms with E-state index >= 15 is 0 Å². The van der Waals surface area contributed by atoms with Crippen LogP contribution in [-0.2, 0) is 9.53 Å². The molecule has 1 saturated carbocycles. The predicted molar refractivity (Wildman–Crippen MR) is 65.9 cm³/mol. The first-order valence-corrected chi connectivity index (χ1v) is 6.51. The third kappa shape index (κ3) is 1.24. The van der Waals surface area contributed by atoms with Crippen LogP contribution in [0.15, 0.2) is 24.3 Å². The van der Waals surface area contributed by atoms with Crippen LogP contribution in [-0.4, -0.2) is 12.6 Å². The van der Waals surface area contributed by atoms with Gasteiger partial charge in [0, 0.05) is 11.8 Å². The average Bonchev–Trinajstić information content (AvgIpc) is 3.02. The van der Waals surface area contributed by atoms with Crippen molar-refractivity contribution in [1.82, 2.24) is 0 Å². The Balaban J connectivity index is 2.01. The number of fused-ring (bicyclic) bond motifs is 3. The van der Waals surface area contributed by atoms with Crippen LogP contribution in [0.3, 0.4) is 0 Å². The lowest BCUT2D eigenvalue weighted by Crippen LogP contribution is -2.24. The largest absolute Gasteiger partial charge is 0.466 e. The van der Waals surface area contributed by atoms with E-state index in [4.69, 9.17) is 4.74 Å². The lowest BCUT2D eigenvalue weighted by atomic mass is 9.85. The Morgan fingerprint density at radius 1 is 1.35 bits per heavy atom. The quantitative estimate of drug-likeness (QED) is 0.745. The molecule has 0 amide bonds. The number of benzene rings is 1. The van der Waals surface area contributed by atoms with Gasteiger partial charge in [0.05, 0.1) is 12.0 Å². The fourth-order valence-corrected chi connectivity index (χ4v) is 3.69. The van der Waals surface area contributed by atoms with Gasteiger partial charge in [-0.3, -0.25) is 4.79 Å². The highest BCUT2D eigenvalue weighted by molar-refractivity contribution is 5.86. The summed E-state index contributed by atoms with van der Waals surface area (Å²) < 4.78 is 5.29. The summed E-state index contributed by atoms with van der Waals surface area (Å²) in [6, 6.07) is 8.50. The molecule has 1 aromatic carbocycles. The fourth-order valence-electron chi connectivity index (χ4n) is 3.69. The maximum absolute atomic E-state index is 12.2. The van der Waals surface area contributed by atoms with E-state index in [-0.39, 0.29) is 11.4 Å². The second-order valence-electron chi connectivity index (χ2n) is 5.11. The van der Waals surface area contributed by atoms with E-state index in [1.54, 1.807) is 0 Å². The van der Waals surface area contributed by atoms with Crippen molar-refractivity contribution in [2.45, 2.75) is 38.5 Å². The molecule has 2 heteroatoms. The molecule has 0 bridgehead atoms. The Morgan fingerprint density at radius 3 is 2.71 bits per heavy atom. The summed E-state index contributed by atoms with van der Waals surface area (Å²) in [4.78, 5) is 12.2. The van der Waals surface area contributed by atoms with E-state index in [9.17, 15) is 4.79 Å². The van der Waals surface area contributed by atoms with Gasteiger partial charge >= 0.3 is 5.97 Å². The Morgan fingerprint density at radius 2 is 2.06 bits per heavy atom. The summed E-state index contributed by atoms with van der Waals surface area (Å²) in [7, 11) is 0. The summed E-state index contributed by atoms with van der Waals surface area (Å²) in [6.45, 7) is 4.54. The lowest BCUT2D eigenvalue weighted by molar-refractivity contribution is -0.150. The fraction of sp³-hybridized carbons (Fsp3) is 0.533. The molecule has 0 aliphatic heterocycles. The number of rotatable bonds is 3. The Labute approximate surface area is 102 Å². The Bertz CT molecular complexity index is 466. The molecule has 0 unspecified atom stereocenters. The first-order chi connectivity index (χ1) is 8.25. The number of carbonyl (C=O) groups excluding carboxylic acids is 1. The van der Waals surface area contributed by atoms with Gasteiger partial charge in [-0.25, -0.2) is 0 Å². The molecule has 0 N–H and O–H groups in total. The van der Waals surface area contributed by atoms with Gasteiger partial charge in [0.15, 0.2) is 0 Å². The molecular weight excluding hydrogens is 212 g/mol. The van der Waals surface area contributed by atoms with E-state index in [0.29, 0.717) is 18.4 Å². The summed E-state index contributed by atoms with van der Waals surface area (Å²) in [6.07, 6.45) is 2.01. The highest BCUT2D eigenvalue weighted by Gasteiger charge is 2.70. The Hall–Kier alpha value is -1.31. The molecule has 1 aromatic rings. The van der Waals surface area contributed by atoms with Crippen molar-refractivity contribution in [3.8, 4) is 0 Å². The summed E-state index contributed by atoms with van der Waals surface area (Å²) >= 11 is 0. The summed E-state index contributed by atoms with van der Waals surface area (Å²) in [5.41, 5.74) is 2.54. The first-order valence-electron chi connectivity index (χ1n) is 6.51. The Kier molecular flexibility index (Phi) is 2.29. The number of ether oxygens (including phenoxy) is 1. The van der Waals surface area contributed by atoms with Gasteiger partial charge in [-0.15, -0.1) is 0 Å². The van der Waals surface area contributed by atoms with Crippen LogP contribution in [0.4, 0.5) is 0 Å². The second-order valence-corrected chi connectivity index (χ2v) is 5.11. The number of hydrogen-bond acceptors (Lipinski definition) is 2. The zero-order chi connectivity index (χ0) is 12.0. The maximum Gasteiger partial charge on any atom is 0.313 e. The van der Waals surface area contributed by atoms with Crippen molar-refractivity contribution in [3.05, 3.63) is 35.4 Å². The third-order valence-corrected chi connectivity index (χ3v) is 4.44. The van der Waals surface area contributed by atoms with Crippen molar-refractivity contribution < 1.29 is 9.53 Å². The van der Waals surface area contributed by atoms with Crippen molar-refractivity contribution >= 4 is 5.97 Å². The van der Waals surface area contributed by atoms with Gasteiger partial charge in [-0.1, -0.05) is 31.2 Å². The number of carbonyl (C=O) groups is 1. The van der Waals surface area contributed by atoms with Crippen LogP contribution in [0.25, 0.3) is 0 Å². The molecule has 3 atom stereocenters. The van der Waals surface area contributed by atoms with Gasteiger partial charge in [-0.2, -0.15) is 0 Å². The molecule has 2 aliphatic carbocycles. The zero-order valence-electron chi connectivity index (χ0n) is 10.4. The maximum atomic E-state index is 12.2. The van der Waals surface area contributed by atoms with Gasteiger partial charge in [-0.05, 0) is 30.9 Å². The summed E-state index contributed by atoms with van der Waals surface area (Å²) in [5, 5.41) is 0. The van der Waals surface area contributed by atoms with Gasteiger partial charge in [0.25, 0.3) is 0 Å². The van der Waals surface area contributed by atoms with Gasteiger partial charge in [0.1, 0.15) is 0 Å². The molecule has 2 nitrogen and oxygen atoms in total. The second kappa shape index (κ2) is 3.59. The molecule has 0 radical (unpaired) electrons. The van der Waals surface area contributed by atoms with Crippen molar-refractivity contribution in [3.63, 3.8) is 0 Å². The van der Waals surface area contributed by atoms with Crippen molar-refractivity contribution in [2.24, 2.45) is 5.41 Å². The van der Waals surface area contributed by atoms with Gasteiger partial charge < -0.3 is 4.74 Å². The highest BCUT2D eigenvalue weighted by Crippen LogP contribution is 2.73. The summed E-state index contributed by atoms with van der Waals surface area (Å²) in [5.74, 6) is 0.804. The molecule has 0 spiro atoms. The van der Waals surface area contributed by atoms with Crippen LogP contribution in [0.1, 0.15) is 49.7 Å². The minimum absolute atomic E-state index is 0.0213. The third-order valence-electron chi connectivity index (χ3n) is 4.44. The minimum Gasteiger partial charge on any atom is -0.466 e. The standard InChI is InChI=1S/C15H18O2/c1-3-12-10-7-5-6-8-11(10)13-9-15(12,13)14(16)17-4-2/h5-8,12-13H,3-4,9H2,1-2H3/t12-,13+,15+/m0/s1. The first kappa shape index (κ1) is 10.8. The molecule has 0 heterocycles. The minimum atomic E-state index is -0.214. The van der Waals surface area contributed by atoms with E-state index in [1.165, 1.54) is 11.1 Å². The van der Waals surface area contributed by atoms with Crippen LogP contribution < -0.4 is 0 Å². The smallest absolute Gasteiger partial charge is 0.313 e. The van der Waals surface area contributed by atoms with Gasteiger partial charge in [0.2, 0.25) is 0 Å². The number of hydrogen-bond donors (Lipinski definition) is 0. The van der Waals surface area contributed by atoms with Crippen LogP contribution in [0.5, 0.6) is 0 Å². The molecule has 17 heavy (non-hydrogen) atoms. The topological polar surface area (TPSA) is 26.3 Å². The van der Waals surface area contributed by atoms with E-state index in [1.807, 2.05) is 6.92 Å². The number of esters is 1. The molecule has 3 rings (SSSR count). The highest BCUT2D eigenvalue weighted by atomic mass is 16.5. The SMILES string of the molecule is CCOC(=O)[C@@]12C[C@@H]1c1ccccc1[C@@H]2CC. The van der Waals surface area contributed by atoms with Crippen LogP contribution >= 0.6 is 0 Å². The predicted octanol–water partition coefficient (Wildman–Crippen LogP) is 3.23. The molecule has 1 fully saturated rings. The molecule has 0 saturated heterocycles. The molecule has 90 valence electrons. The average molecular weight is 230 g/mol. The van der Waals surface area contributed by atoms with E-state index < -0.39 is 0 Å². The van der Waals surface area contributed by atoms with Crippen molar-refractivity contribution in [2.75, 3.05) is 6.61 Å². The van der Waals surface area contributed by atoms with Crippen molar-refractivity contribution in [1.29, 1.82) is 0 Å². The zero-order valence-corrected chi connectivity index (χ0v) is 10.4. The monoisotopic (exact) mass is 230 g/mol. The lowest BCUT2D eigenvalue weighted by Gasteiger charge is -2.21. The molecular formula is C15H18O2. The van der Waals surface area contributed by atoms with E-state index in [2.05, 4.69) is 31.2 Å². The van der Waals surface area contributed by atoms with Crippen LogP contribution in [0, 0.1) is 5.41 Å². The van der Waals surface area contributed by atoms with Crippen LogP contribution in [0.2, 0.25) is 0 Å². The normalized spacial score (nSPS) is 32.8. The molecule has 2 aliphatic rings.